The molecule has 0 aromatic heterocycles. The van der Waals surface area contributed by atoms with Gasteiger partial charge in [-0.3, -0.25) is 0 Å². The predicted octanol–water partition coefficient (Wildman–Crippen LogP) is 0.915. The maximum Gasteiger partial charge on any atom is 0.0897 e. The van der Waals surface area contributed by atoms with Gasteiger partial charge in [0.1, 0.15) is 0 Å². The fourth-order valence-electron chi connectivity index (χ4n) is 2.34. The van der Waals surface area contributed by atoms with E-state index in [4.69, 9.17) is 4.74 Å². The van der Waals surface area contributed by atoms with Gasteiger partial charge >= 0.3 is 0 Å². The zero-order valence-corrected chi connectivity index (χ0v) is 10.9. The van der Waals surface area contributed by atoms with E-state index >= 15 is 0 Å². The quantitative estimate of drug-likeness (QED) is 0.529. The van der Waals surface area contributed by atoms with Gasteiger partial charge in [-0.15, -0.1) is 0 Å². The number of ether oxygens (including phenoxy) is 1. The van der Waals surface area contributed by atoms with Crippen LogP contribution in [-0.2, 0) is 4.74 Å². The van der Waals surface area contributed by atoms with Crippen molar-refractivity contribution in [3.05, 3.63) is 0 Å². The van der Waals surface area contributed by atoms with Gasteiger partial charge in [0, 0.05) is 25.8 Å². The topological polar surface area (TPSA) is 61.7 Å². The van der Waals surface area contributed by atoms with Crippen molar-refractivity contribution in [1.82, 2.24) is 5.32 Å². The first-order chi connectivity index (χ1) is 8.27. The maximum atomic E-state index is 9.72. The second-order valence-corrected chi connectivity index (χ2v) is 4.97. The third kappa shape index (κ3) is 5.82. The van der Waals surface area contributed by atoms with Crippen molar-refractivity contribution in [3.63, 3.8) is 0 Å². The Hall–Kier alpha value is -0.160. The zero-order chi connectivity index (χ0) is 12.5. The largest absolute Gasteiger partial charge is 0.396 e. The average Bonchev–Trinajstić information content (AvgIpc) is 2.79. The number of unbranched alkanes of at least 4 members (excludes halogenated alkanes) is 1. The molecule has 0 aliphatic heterocycles. The lowest BCUT2D eigenvalue weighted by Crippen LogP contribution is -2.40. The van der Waals surface area contributed by atoms with E-state index in [1.807, 2.05) is 0 Å². The molecule has 4 nitrogen and oxygen atoms in total. The Labute approximate surface area is 104 Å². The van der Waals surface area contributed by atoms with Gasteiger partial charge in [-0.05, 0) is 25.2 Å². The SMILES string of the molecule is CCCCOCC(O)CNC1CCCC1CO. The molecule has 1 aliphatic carbocycles. The highest BCUT2D eigenvalue weighted by molar-refractivity contribution is 4.83. The normalized spacial score (nSPS) is 26.3. The molecule has 0 bridgehead atoms. The Bertz CT molecular complexity index is 190. The number of hydrogen-bond acceptors (Lipinski definition) is 4. The van der Waals surface area contributed by atoms with E-state index in [1.165, 1.54) is 6.42 Å². The molecule has 4 heteroatoms. The summed E-state index contributed by atoms with van der Waals surface area (Å²) in [6.07, 6.45) is 5.11. The maximum absolute atomic E-state index is 9.72. The van der Waals surface area contributed by atoms with Crippen LogP contribution >= 0.6 is 0 Å². The smallest absolute Gasteiger partial charge is 0.0897 e. The molecule has 0 aromatic carbocycles. The molecular weight excluding hydrogens is 218 g/mol. The van der Waals surface area contributed by atoms with Gasteiger partial charge in [0.05, 0.1) is 12.7 Å². The van der Waals surface area contributed by atoms with E-state index < -0.39 is 6.10 Å². The molecule has 1 saturated carbocycles. The minimum Gasteiger partial charge on any atom is -0.396 e. The summed E-state index contributed by atoms with van der Waals surface area (Å²) in [4.78, 5) is 0. The number of rotatable bonds is 9. The van der Waals surface area contributed by atoms with Crippen LogP contribution in [0, 0.1) is 5.92 Å². The summed E-state index contributed by atoms with van der Waals surface area (Å²) < 4.78 is 5.36. The standard InChI is InChI=1S/C13H27NO3/c1-2-3-7-17-10-12(16)8-14-13-6-4-5-11(13)9-15/h11-16H,2-10H2,1H3. The molecule has 0 aromatic rings. The minimum atomic E-state index is -0.438. The minimum absolute atomic E-state index is 0.251. The van der Waals surface area contributed by atoms with E-state index in [2.05, 4.69) is 12.2 Å². The van der Waals surface area contributed by atoms with Crippen LogP contribution in [0.1, 0.15) is 39.0 Å². The molecular formula is C13H27NO3. The summed E-state index contributed by atoms with van der Waals surface area (Å²) in [6, 6.07) is 0.366. The molecule has 1 fully saturated rings. The molecule has 0 amide bonds. The van der Waals surface area contributed by atoms with Crippen LogP contribution in [0.15, 0.2) is 0 Å². The summed E-state index contributed by atoms with van der Waals surface area (Å²) in [5.41, 5.74) is 0. The Morgan fingerprint density at radius 1 is 1.41 bits per heavy atom. The van der Waals surface area contributed by atoms with Gasteiger partial charge < -0.3 is 20.3 Å². The lowest BCUT2D eigenvalue weighted by atomic mass is 10.1. The van der Waals surface area contributed by atoms with Gasteiger partial charge in [0.15, 0.2) is 0 Å². The van der Waals surface area contributed by atoms with Crippen LogP contribution in [0.5, 0.6) is 0 Å². The summed E-state index contributed by atoms with van der Waals surface area (Å²) in [7, 11) is 0. The summed E-state index contributed by atoms with van der Waals surface area (Å²) in [5.74, 6) is 0.364. The third-order valence-corrected chi connectivity index (χ3v) is 3.46. The summed E-state index contributed by atoms with van der Waals surface area (Å²) in [6.45, 7) is 4.07. The molecule has 1 rings (SSSR count). The number of nitrogens with one attached hydrogen (secondary N) is 1. The molecule has 102 valence electrons. The van der Waals surface area contributed by atoms with Crippen LogP contribution in [0.2, 0.25) is 0 Å². The third-order valence-electron chi connectivity index (χ3n) is 3.46. The predicted molar refractivity (Wildman–Crippen MR) is 68.0 cm³/mol. The highest BCUT2D eigenvalue weighted by atomic mass is 16.5. The van der Waals surface area contributed by atoms with Gasteiger partial charge in [0.2, 0.25) is 0 Å². The fraction of sp³-hybridized carbons (Fsp3) is 1.00. The zero-order valence-electron chi connectivity index (χ0n) is 10.9. The van der Waals surface area contributed by atoms with Crippen LogP contribution in [0.25, 0.3) is 0 Å². The van der Waals surface area contributed by atoms with Crippen molar-refractivity contribution in [2.75, 3.05) is 26.4 Å². The fourth-order valence-corrected chi connectivity index (χ4v) is 2.34. The molecule has 3 N–H and O–H groups in total. The molecule has 0 heterocycles. The number of aliphatic hydroxyl groups is 2. The van der Waals surface area contributed by atoms with E-state index in [1.54, 1.807) is 0 Å². The summed E-state index contributed by atoms with van der Waals surface area (Å²) in [5, 5.41) is 22.2. The molecule has 17 heavy (non-hydrogen) atoms. The average molecular weight is 245 g/mol. The first-order valence-corrected chi connectivity index (χ1v) is 6.88. The molecule has 0 saturated heterocycles. The van der Waals surface area contributed by atoms with Crippen LogP contribution in [0.4, 0.5) is 0 Å². The van der Waals surface area contributed by atoms with Crippen molar-refractivity contribution in [2.24, 2.45) is 5.92 Å². The Morgan fingerprint density at radius 3 is 2.94 bits per heavy atom. The first-order valence-electron chi connectivity index (χ1n) is 6.88. The van der Waals surface area contributed by atoms with E-state index in [-0.39, 0.29) is 6.61 Å². The highest BCUT2D eigenvalue weighted by Crippen LogP contribution is 2.24. The van der Waals surface area contributed by atoms with Crippen molar-refractivity contribution in [3.8, 4) is 0 Å². The molecule has 0 spiro atoms. The Morgan fingerprint density at radius 2 is 2.24 bits per heavy atom. The van der Waals surface area contributed by atoms with E-state index in [0.29, 0.717) is 25.1 Å². The highest BCUT2D eigenvalue weighted by Gasteiger charge is 2.26. The Kier molecular flexibility index (Phi) is 7.77. The van der Waals surface area contributed by atoms with Crippen LogP contribution in [0.3, 0.4) is 0 Å². The van der Waals surface area contributed by atoms with Gasteiger partial charge in [-0.1, -0.05) is 19.8 Å². The lowest BCUT2D eigenvalue weighted by molar-refractivity contribution is 0.0333. The van der Waals surface area contributed by atoms with Gasteiger partial charge in [0.25, 0.3) is 0 Å². The van der Waals surface area contributed by atoms with Crippen molar-refractivity contribution in [2.45, 2.75) is 51.2 Å². The molecule has 3 unspecified atom stereocenters. The van der Waals surface area contributed by atoms with Crippen molar-refractivity contribution in [1.29, 1.82) is 0 Å². The number of hydrogen-bond donors (Lipinski definition) is 3. The van der Waals surface area contributed by atoms with Crippen molar-refractivity contribution < 1.29 is 14.9 Å². The second kappa shape index (κ2) is 8.86. The van der Waals surface area contributed by atoms with E-state index in [0.717, 1.165) is 32.3 Å². The van der Waals surface area contributed by atoms with E-state index in [9.17, 15) is 10.2 Å². The monoisotopic (exact) mass is 245 g/mol. The van der Waals surface area contributed by atoms with Crippen LogP contribution in [-0.4, -0.2) is 48.7 Å². The van der Waals surface area contributed by atoms with Gasteiger partial charge in [-0.2, -0.15) is 0 Å². The van der Waals surface area contributed by atoms with Crippen molar-refractivity contribution >= 4 is 0 Å². The molecule has 1 aliphatic rings. The Balaban J connectivity index is 2.04. The second-order valence-electron chi connectivity index (χ2n) is 4.97. The van der Waals surface area contributed by atoms with Crippen LogP contribution < -0.4 is 5.32 Å². The first kappa shape index (κ1) is 14.9. The van der Waals surface area contributed by atoms with Gasteiger partial charge in [-0.25, -0.2) is 0 Å². The molecule has 3 atom stereocenters. The lowest BCUT2D eigenvalue weighted by Gasteiger charge is -2.21. The molecule has 0 radical (unpaired) electrons. The summed E-state index contributed by atoms with van der Waals surface area (Å²) >= 11 is 0. The number of aliphatic hydroxyl groups excluding tert-OH is 2.